The lowest BCUT2D eigenvalue weighted by Gasteiger charge is -2.20. The number of benzene rings is 2. The number of thiophene rings is 1. The minimum atomic E-state index is -3.58. The quantitative estimate of drug-likeness (QED) is 0.464. The van der Waals surface area contributed by atoms with Crippen LogP contribution in [0.4, 0.5) is 0 Å². The lowest BCUT2D eigenvalue weighted by Crippen LogP contribution is -2.31. The van der Waals surface area contributed by atoms with Crippen molar-refractivity contribution in [3.63, 3.8) is 0 Å². The first-order valence-corrected chi connectivity index (χ1v) is 13.5. The maximum atomic E-state index is 12.2. The van der Waals surface area contributed by atoms with Crippen LogP contribution in [0.3, 0.4) is 0 Å². The van der Waals surface area contributed by atoms with Gasteiger partial charge in [-0.3, -0.25) is 4.79 Å². The molecule has 2 aromatic carbocycles. The lowest BCUT2D eigenvalue weighted by atomic mass is 9.96. The number of nitrogens with two attached hydrogens (primary N) is 1. The van der Waals surface area contributed by atoms with Crippen LogP contribution in [-0.2, 0) is 10.0 Å². The molecule has 0 bridgehead atoms. The molecular weight excluding hydrogens is 442 g/mol. The molecule has 0 radical (unpaired) electrons. The van der Waals surface area contributed by atoms with Crippen molar-refractivity contribution in [2.75, 3.05) is 12.3 Å². The highest BCUT2D eigenvalue weighted by Gasteiger charge is 2.27. The van der Waals surface area contributed by atoms with E-state index in [0.29, 0.717) is 23.6 Å². The SMILES string of the molecule is C[C@@H](N[C@H]1CCC(c2ccc(C(=O)NCCS(N)(=O)=O)cc2)C1)c1csc2ccccc12. The van der Waals surface area contributed by atoms with Crippen LogP contribution < -0.4 is 15.8 Å². The molecule has 4 rings (SSSR count). The molecule has 170 valence electrons. The molecule has 0 aliphatic heterocycles. The van der Waals surface area contributed by atoms with Crippen molar-refractivity contribution in [2.24, 2.45) is 5.14 Å². The van der Waals surface area contributed by atoms with Gasteiger partial charge in [0.1, 0.15) is 0 Å². The van der Waals surface area contributed by atoms with Crippen molar-refractivity contribution in [1.82, 2.24) is 10.6 Å². The van der Waals surface area contributed by atoms with Crippen molar-refractivity contribution >= 4 is 37.4 Å². The topological polar surface area (TPSA) is 101 Å². The first-order valence-electron chi connectivity index (χ1n) is 10.9. The average molecular weight is 472 g/mol. The molecule has 1 saturated carbocycles. The predicted molar refractivity (Wildman–Crippen MR) is 131 cm³/mol. The van der Waals surface area contributed by atoms with E-state index in [1.807, 2.05) is 24.3 Å². The molecule has 1 aliphatic carbocycles. The summed E-state index contributed by atoms with van der Waals surface area (Å²) < 4.78 is 23.3. The van der Waals surface area contributed by atoms with Crippen LogP contribution in [0, 0.1) is 0 Å². The molecular formula is C24H29N3O3S2. The fraction of sp³-hybridized carbons (Fsp3) is 0.375. The van der Waals surface area contributed by atoms with Gasteiger partial charge in [-0.15, -0.1) is 11.3 Å². The minimum Gasteiger partial charge on any atom is -0.351 e. The fourth-order valence-electron chi connectivity index (χ4n) is 4.53. The Hall–Kier alpha value is -2.26. The first-order chi connectivity index (χ1) is 15.3. The summed E-state index contributed by atoms with van der Waals surface area (Å²) in [6, 6.07) is 17.0. The number of carbonyl (C=O) groups is 1. The van der Waals surface area contributed by atoms with Gasteiger partial charge in [-0.2, -0.15) is 0 Å². The molecule has 1 fully saturated rings. The molecule has 0 spiro atoms. The van der Waals surface area contributed by atoms with Gasteiger partial charge in [0.05, 0.1) is 5.75 Å². The Morgan fingerprint density at radius 3 is 2.66 bits per heavy atom. The minimum absolute atomic E-state index is 0.00694. The number of primary sulfonamides is 1. The van der Waals surface area contributed by atoms with Crippen molar-refractivity contribution < 1.29 is 13.2 Å². The highest BCUT2D eigenvalue weighted by atomic mass is 32.2. The molecule has 6 nitrogen and oxygen atoms in total. The summed E-state index contributed by atoms with van der Waals surface area (Å²) in [5.74, 6) is -0.0891. The fourth-order valence-corrected chi connectivity index (χ4v) is 5.97. The highest BCUT2D eigenvalue weighted by Crippen LogP contribution is 2.37. The Labute approximate surface area is 193 Å². The standard InChI is InChI=1S/C24H29N3O3S2/c1-16(22-15-31-23-5-3-2-4-21(22)23)27-20-11-10-19(14-20)17-6-8-18(9-7-17)24(28)26-12-13-32(25,29)30/h2-9,15-16,19-20,27H,10-14H2,1H3,(H,26,28)(H2,25,29,30)/t16-,19?,20+/m1/s1. The Kier molecular flexibility index (Phi) is 6.95. The summed E-state index contributed by atoms with van der Waals surface area (Å²) in [6.45, 7) is 2.25. The zero-order valence-corrected chi connectivity index (χ0v) is 19.7. The van der Waals surface area contributed by atoms with Gasteiger partial charge in [-0.05, 0) is 72.2 Å². The molecule has 3 aromatic rings. The number of fused-ring (bicyclic) bond motifs is 1. The van der Waals surface area contributed by atoms with Gasteiger partial charge in [-0.1, -0.05) is 30.3 Å². The van der Waals surface area contributed by atoms with E-state index in [1.54, 1.807) is 11.3 Å². The molecule has 1 aliphatic rings. The van der Waals surface area contributed by atoms with E-state index in [1.165, 1.54) is 21.2 Å². The number of hydrogen-bond acceptors (Lipinski definition) is 5. The molecule has 1 aromatic heterocycles. The van der Waals surface area contributed by atoms with E-state index < -0.39 is 10.0 Å². The molecule has 1 unspecified atom stereocenters. The predicted octanol–water partition coefficient (Wildman–Crippen LogP) is 3.91. The maximum absolute atomic E-state index is 12.2. The van der Waals surface area contributed by atoms with Crippen LogP contribution in [0.15, 0.2) is 53.9 Å². The van der Waals surface area contributed by atoms with Crippen LogP contribution in [0.5, 0.6) is 0 Å². The van der Waals surface area contributed by atoms with Crippen LogP contribution in [0.2, 0.25) is 0 Å². The second-order valence-corrected chi connectivity index (χ2v) is 11.2. The van der Waals surface area contributed by atoms with Gasteiger partial charge in [0.2, 0.25) is 10.0 Å². The number of rotatable bonds is 8. The molecule has 8 heteroatoms. The zero-order chi connectivity index (χ0) is 22.7. The van der Waals surface area contributed by atoms with Gasteiger partial charge in [0.25, 0.3) is 5.91 Å². The van der Waals surface area contributed by atoms with Crippen LogP contribution in [-0.4, -0.2) is 32.7 Å². The van der Waals surface area contributed by atoms with Crippen molar-refractivity contribution in [3.05, 3.63) is 70.6 Å². The average Bonchev–Trinajstić information content (AvgIpc) is 3.40. The Bertz CT molecular complexity index is 1190. The number of amides is 1. The second-order valence-electron chi connectivity index (χ2n) is 8.53. The third-order valence-corrected chi connectivity index (χ3v) is 7.97. The normalized spacial score (nSPS) is 19.8. The van der Waals surface area contributed by atoms with E-state index in [2.05, 4.69) is 47.2 Å². The molecule has 4 N–H and O–H groups in total. The number of hydrogen-bond donors (Lipinski definition) is 3. The van der Waals surface area contributed by atoms with Gasteiger partial charge < -0.3 is 10.6 Å². The zero-order valence-electron chi connectivity index (χ0n) is 18.1. The first kappa shape index (κ1) is 22.9. The maximum Gasteiger partial charge on any atom is 0.251 e. The van der Waals surface area contributed by atoms with Crippen molar-refractivity contribution in [1.29, 1.82) is 0 Å². The lowest BCUT2D eigenvalue weighted by molar-refractivity contribution is 0.0956. The van der Waals surface area contributed by atoms with Crippen molar-refractivity contribution in [2.45, 2.75) is 44.2 Å². The van der Waals surface area contributed by atoms with Gasteiger partial charge in [0.15, 0.2) is 0 Å². The number of sulfonamides is 1. The van der Waals surface area contributed by atoms with Crippen LogP contribution in [0.1, 0.15) is 59.6 Å². The largest absolute Gasteiger partial charge is 0.351 e. The monoisotopic (exact) mass is 471 g/mol. The van der Waals surface area contributed by atoms with E-state index in [4.69, 9.17) is 5.14 Å². The van der Waals surface area contributed by atoms with Crippen LogP contribution >= 0.6 is 11.3 Å². The van der Waals surface area contributed by atoms with E-state index in [-0.39, 0.29) is 18.2 Å². The Morgan fingerprint density at radius 1 is 1.16 bits per heavy atom. The summed E-state index contributed by atoms with van der Waals surface area (Å²) >= 11 is 1.80. The van der Waals surface area contributed by atoms with Crippen LogP contribution in [0.25, 0.3) is 10.1 Å². The summed E-state index contributed by atoms with van der Waals surface area (Å²) in [6.07, 6.45) is 3.33. The number of nitrogens with one attached hydrogen (secondary N) is 2. The second kappa shape index (κ2) is 9.70. The van der Waals surface area contributed by atoms with E-state index >= 15 is 0 Å². The highest BCUT2D eigenvalue weighted by molar-refractivity contribution is 7.89. The third kappa shape index (κ3) is 5.56. The molecule has 0 saturated heterocycles. The van der Waals surface area contributed by atoms with Gasteiger partial charge in [0, 0.05) is 28.9 Å². The molecule has 3 atom stereocenters. The summed E-state index contributed by atoms with van der Waals surface area (Å²) in [5, 5.41) is 15.0. The third-order valence-electron chi connectivity index (χ3n) is 6.21. The van der Waals surface area contributed by atoms with Crippen molar-refractivity contribution in [3.8, 4) is 0 Å². The summed E-state index contributed by atoms with van der Waals surface area (Å²) in [5.41, 5.74) is 3.13. The summed E-state index contributed by atoms with van der Waals surface area (Å²) in [4.78, 5) is 12.2. The Morgan fingerprint density at radius 2 is 1.91 bits per heavy atom. The van der Waals surface area contributed by atoms with E-state index in [9.17, 15) is 13.2 Å². The van der Waals surface area contributed by atoms with Gasteiger partial charge >= 0.3 is 0 Å². The molecule has 1 amide bonds. The Balaban J connectivity index is 1.31. The smallest absolute Gasteiger partial charge is 0.251 e. The van der Waals surface area contributed by atoms with Gasteiger partial charge in [-0.25, -0.2) is 13.6 Å². The molecule has 1 heterocycles. The van der Waals surface area contributed by atoms with E-state index in [0.717, 1.165) is 19.3 Å². The molecule has 32 heavy (non-hydrogen) atoms. The number of carbonyl (C=O) groups excluding carboxylic acids is 1. The summed E-state index contributed by atoms with van der Waals surface area (Å²) in [7, 11) is -3.58.